The molecule has 0 amide bonds. The van der Waals surface area contributed by atoms with Gasteiger partial charge in [0.1, 0.15) is 0 Å². The lowest BCUT2D eigenvalue weighted by Crippen LogP contribution is -2.20. The topological polar surface area (TPSA) is 22.0 Å². The van der Waals surface area contributed by atoms with Gasteiger partial charge in [-0.1, -0.05) is 188 Å². The van der Waals surface area contributed by atoms with Crippen molar-refractivity contribution in [2.45, 2.75) is 0 Å². The number of aromatic nitrogens is 1. The zero-order chi connectivity index (χ0) is 37.9. The van der Waals surface area contributed by atoms with Crippen molar-refractivity contribution in [3.05, 3.63) is 218 Å². The highest BCUT2D eigenvalue weighted by Gasteiger charge is 2.41. The number of hydrogen-bond acceptors (Lipinski definition) is 1. The molecule has 0 radical (unpaired) electrons. The van der Waals surface area contributed by atoms with E-state index >= 15 is 4.57 Å². The van der Waals surface area contributed by atoms with Gasteiger partial charge >= 0.3 is 0 Å². The number of benzene rings is 9. The molecular weight excluding hydrogens is 710 g/mol. The molecule has 0 aliphatic carbocycles. The molecule has 2 heterocycles. The fourth-order valence-corrected chi connectivity index (χ4v) is 11.9. The second-order valence-electron chi connectivity index (χ2n) is 14.8. The number of rotatable bonds is 6. The van der Waals surface area contributed by atoms with E-state index in [0.717, 1.165) is 71.4 Å². The zero-order valence-electron chi connectivity index (χ0n) is 31.1. The summed E-state index contributed by atoms with van der Waals surface area (Å²) in [6.45, 7) is 0. The minimum atomic E-state index is -3.15. The Bertz CT molecular complexity index is 3060. The smallest absolute Gasteiger partial charge is 0.172 e. The van der Waals surface area contributed by atoms with Crippen molar-refractivity contribution in [2.75, 3.05) is 0 Å². The lowest BCUT2D eigenvalue weighted by molar-refractivity contribution is 0.593. The maximum absolute atomic E-state index is 15.7. The Morgan fingerprint density at radius 3 is 1.42 bits per heavy atom. The standard InChI is InChI=1S/C54H36NOP/c56-57(46-18-8-3-9-19-46)51-23-13-11-21-49(51)53-52(57)33-32-48-47-20-10-12-22-50(47)55(54(48)53)45-35-43(41-28-24-39(25-29-41)37-14-4-1-5-15-37)34-44(36-45)42-30-26-40(27-31-42)38-16-6-2-7-17-38/h1-36H. The van der Waals surface area contributed by atoms with E-state index in [1.807, 2.05) is 36.4 Å². The van der Waals surface area contributed by atoms with Crippen molar-refractivity contribution < 1.29 is 4.57 Å². The molecule has 10 aromatic rings. The summed E-state index contributed by atoms with van der Waals surface area (Å²) in [5.74, 6) is 0. The molecule has 3 heteroatoms. The van der Waals surface area contributed by atoms with E-state index in [0.29, 0.717) is 0 Å². The third kappa shape index (κ3) is 5.37. The Balaban J connectivity index is 1.18. The first-order valence-electron chi connectivity index (χ1n) is 19.4. The van der Waals surface area contributed by atoms with Crippen LogP contribution in [0.1, 0.15) is 0 Å². The number of fused-ring (bicyclic) bond motifs is 7. The molecule has 2 nitrogen and oxygen atoms in total. The summed E-state index contributed by atoms with van der Waals surface area (Å²) in [5.41, 5.74) is 14.7. The predicted octanol–water partition coefficient (Wildman–Crippen LogP) is 13.1. The largest absolute Gasteiger partial charge is 0.309 e. The van der Waals surface area contributed by atoms with Crippen molar-refractivity contribution in [1.29, 1.82) is 0 Å². The molecule has 0 bridgehead atoms. The van der Waals surface area contributed by atoms with Crippen LogP contribution in [0.3, 0.4) is 0 Å². The molecule has 9 aromatic carbocycles. The van der Waals surface area contributed by atoms with Gasteiger partial charge in [-0.25, -0.2) is 0 Å². The van der Waals surface area contributed by atoms with Crippen molar-refractivity contribution in [3.8, 4) is 61.3 Å². The van der Waals surface area contributed by atoms with E-state index < -0.39 is 7.14 Å². The molecule has 1 aliphatic rings. The quantitative estimate of drug-likeness (QED) is 0.155. The van der Waals surface area contributed by atoms with Crippen LogP contribution in [0.2, 0.25) is 0 Å². The van der Waals surface area contributed by atoms with Gasteiger partial charge in [-0.3, -0.25) is 0 Å². The first-order valence-corrected chi connectivity index (χ1v) is 21.2. The minimum Gasteiger partial charge on any atom is -0.309 e. The molecule has 0 N–H and O–H groups in total. The lowest BCUT2D eigenvalue weighted by atomic mass is 9.95. The molecule has 0 saturated heterocycles. The summed E-state index contributed by atoms with van der Waals surface area (Å²) in [6, 6.07) is 77.2. The maximum atomic E-state index is 15.7. The Kier molecular flexibility index (Phi) is 7.81. The molecule has 1 aromatic heterocycles. The molecule has 0 spiro atoms. The van der Waals surface area contributed by atoms with Gasteiger partial charge in [-0.2, -0.15) is 0 Å². The molecule has 268 valence electrons. The Morgan fingerprint density at radius 1 is 0.351 bits per heavy atom. The average Bonchev–Trinajstić information content (AvgIpc) is 3.77. The monoisotopic (exact) mass is 745 g/mol. The van der Waals surface area contributed by atoms with Gasteiger partial charge in [0.05, 0.1) is 11.0 Å². The minimum absolute atomic E-state index is 0.861. The molecule has 1 unspecified atom stereocenters. The van der Waals surface area contributed by atoms with Crippen LogP contribution >= 0.6 is 7.14 Å². The summed E-state index contributed by atoms with van der Waals surface area (Å²) >= 11 is 0. The van der Waals surface area contributed by atoms with E-state index in [2.05, 4.69) is 187 Å². The van der Waals surface area contributed by atoms with Crippen LogP contribution in [0.4, 0.5) is 0 Å². The molecule has 11 rings (SSSR count). The number of hydrogen-bond donors (Lipinski definition) is 0. The zero-order valence-corrected chi connectivity index (χ0v) is 32.0. The van der Waals surface area contributed by atoms with E-state index in [-0.39, 0.29) is 0 Å². The number of nitrogens with zero attached hydrogens (tertiary/aromatic N) is 1. The summed E-state index contributed by atoms with van der Waals surface area (Å²) in [7, 11) is -3.15. The van der Waals surface area contributed by atoms with Crippen molar-refractivity contribution in [2.24, 2.45) is 0 Å². The van der Waals surface area contributed by atoms with E-state index in [1.54, 1.807) is 0 Å². The molecule has 0 fully saturated rings. The van der Waals surface area contributed by atoms with Crippen LogP contribution < -0.4 is 15.9 Å². The predicted molar refractivity (Wildman–Crippen MR) is 241 cm³/mol. The van der Waals surface area contributed by atoms with Crippen LogP contribution in [0.15, 0.2) is 218 Å². The van der Waals surface area contributed by atoms with Crippen molar-refractivity contribution in [3.63, 3.8) is 0 Å². The second kappa shape index (κ2) is 13.3. The number of para-hydroxylation sites is 1. The van der Waals surface area contributed by atoms with E-state index in [4.69, 9.17) is 0 Å². The SMILES string of the molecule is O=P1(c2ccccc2)c2ccccc2-c2c1ccc1c3ccccc3n(-c3cc(-c4ccc(-c5ccccc5)cc4)cc(-c4ccc(-c5ccccc5)cc4)c3)c21. The van der Waals surface area contributed by atoms with Gasteiger partial charge < -0.3 is 9.13 Å². The van der Waals surface area contributed by atoms with E-state index in [1.165, 1.54) is 27.6 Å². The second-order valence-corrected chi connectivity index (χ2v) is 17.5. The molecule has 1 atom stereocenters. The first kappa shape index (κ1) is 33.4. The molecule has 1 aliphatic heterocycles. The van der Waals surface area contributed by atoms with E-state index in [9.17, 15) is 0 Å². The van der Waals surface area contributed by atoms with Gasteiger partial charge in [-0.15, -0.1) is 0 Å². The fourth-order valence-electron chi connectivity index (χ4n) is 8.89. The van der Waals surface area contributed by atoms with Crippen LogP contribution in [0, 0.1) is 0 Å². The molecule has 57 heavy (non-hydrogen) atoms. The average molecular weight is 746 g/mol. The summed E-state index contributed by atoms with van der Waals surface area (Å²) < 4.78 is 18.1. The van der Waals surface area contributed by atoms with Crippen molar-refractivity contribution >= 4 is 44.9 Å². The first-order chi connectivity index (χ1) is 28.1. The Hall–Kier alpha value is -6.99. The van der Waals surface area contributed by atoms with Gasteiger partial charge in [0.15, 0.2) is 7.14 Å². The third-order valence-corrected chi connectivity index (χ3v) is 14.8. The molecular formula is C54H36NOP. The fraction of sp³-hybridized carbons (Fsp3) is 0. The van der Waals surface area contributed by atoms with Gasteiger partial charge in [0.25, 0.3) is 0 Å². The summed E-state index contributed by atoms with van der Waals surface area (Å²) in [6.07, 6.45) is 0. The molecule has 0 saturated carbocycles. The third-order valence-electron chi connectivity index (χ3n) is 11.6. The highest BCUT2D eigenvalue weighted by atomic mass is 31.2. The summed E-state index contributed by atoms with van der Waals surface area (Å²) in [4.78, 5) is 0. The van der Waals surface area contributed by atoms with Crippen molar-refractivity contribution in [1.82, 2.24) is 4.57 Å². The Morgan fingerprint density at radius 2 is 0.825 bits per heavy atom. The van der Waals surface area contributed by atoms with Gasteiger partial charge in [0, 0.05) is 37.9 Å². The van der Waals surface area contributed by atoms with Crippen LogP contribution in [0.25, 0.3) is 83.1 Å². The Labute approximate surface area is 332 Å². The lowest BCUT2D eigenvalue weighted by Gasteiger charge is -2.17. The normalized spacial score (nSPS) is 14.5. The van der Waals surface area contributed by atoms with Gasteiger partial charge in [-0.05, 0) is 80.4 Å². The maximum Gasteiger partial charge on any atom is 0.172 e. The van der Waals surface area contributed by atoms with Crippen LogP contribution in [-0.2, 0) is 4.57 Å². The van der Waals surface area contributed by atoms with Crippen LogP contribution in [0.5, 0.6) is 0 Å². The van der Waals surface area contributed by atoms with Crippen LogP contribution in [-0.4, -0.2) is 4.57 Å². The highest BCUT2D eigenvalue weighted by Crippen LogP contribution is 2.55. The highest BCUT2D eigenvalue weighted by molar-refractivity contribution is 7.86. The van der Waals surface area contributed by atoms with Gasteiger partial charge in [0.2, 0.25) is 0 Å². The summed E-state index contributed by atoms with van der Waals surface area (Å²) in [5, 5.41) is 4.98.